The predicted molar refractivity (Wildman–Crippen MR) is 88.3 cm³/mol. The van der Waals surface area contributed by atoms with E-state index < -0.39 is 0 Å². The molecule has 6 heteroatoms. The zero-order chi connectivity index (χ0) is 16.2. The van der Waals surface area contributed by atoms with Crippen molar-refractivity contribution < 1.29 is 14.3 Å². The van der Waals surface area contributed by atoms with Gasteiger partial charge in [-0.1, -0.05) is 0 Å². The molecular formula is C17H19N3O3. The van der Waals surface area contributed by atoms with Crippen LogP contribution in [0.25, 0.3) is 11.6 Å². The van der Waals surface area contributed by atoms with Crippen molar-refractivity contribution in [3.8, 4) is 5.75 Å². The molecule has 3 rings (SSSR count). The third-order valence-corrected chi connectivity index (χ3v) is 3.82. The van der Waals surface area contributed by atoms with E-state index in [1.165, 1.54) is 7.11 Å². The molecule has 1 aliphatic rings. The van der Waals surface area contributed by atoms with Crippen LogP contribution in [0, 0.1) is 0 Å². The number of anilines is 1. The third kappa shape index (κ3) is 3.27. The topological polar surface area (TPSA) is 67.5 Å². The van der Waals surface area contributed by atoms with Crippen molar-refractivity contribution in [2.45, 2.75) is 6.42 Å². The standard InChI is InChI=1S/C17H19N3O3/c1-20(17(21)10-22-2)14-3-4-16-15(8-14)12(5-6-23-16)7-13-9-18-11-19-13/h3-4,7-9,11H,5-6,10H2,1-2H3,(H,18,19)/b12-7-. The first-order chi connectivity index (χ1) is 11.2. The molecule has 1 aliphatic heterocycles. The molecule has 23 heavy (non-hydrogen) atoms. The lowest BCUT2D eigenvalue weighted by Crippen LogP contribution is -2.29. The van der Waals surface area contributed by atoms with Crippen LogP contribution in [0.1, 0.15) is 17.7 Å². The highest BCUT2D eigenvalue weighted by molar-refractivity contribution is 5.95. The van der Waals surface area contributed by atoms with Gasteiger partial charge in [0.2, 0.25) is 0 Å². The molecule has 0 aliphatic carbocycles. The van der Waals surface area contributed by atoms with Gasteiger partial charge in [0.25, 0.3) is 5.91 Å². The summed E-state index contributed by atoms with van der Waals surface area (Å²) in [5.41, 5.74) is 3.92. The van der Waals surface area contributed by atoms with E-state index in [0.29, 0.717) is 6.61 Å². The number of aromatic amines is 1. The molecule has 0 atom stereocenters. The predicted octanol–water partition coefficient (Wildman–Crippen LogP) is 2.34. The molecule has 0 unspecified atom stereocenters. The van der Waals surface area contributed by atoms with Gasteiger partial charge >= 0.3 is 0 Å². The summed E-state index contributed by atoms with van der Waals surface area (Å²) in [6, 6.07) is 5.76. The van der Waals surface area contributed by atoms with Crippen LogP contribution in [-0.2, 0) is 9.53 Å². The Bertz CT molecular complexity index is 723. The van der Waals surface area contributed by atoms with E-state index in [4.69, 9.17) is 9.47 Å². The van der Waals surface area contributed by atoms with Crippen LogP contribution < -0.4 is 9.64 Å². The van der Waals surface area contributed by atoms with Gasteiger partial charge in [0.15, 0.2) is 0 Å². The van der Waals surface area contributed by atoms with Gasteiger partial charge in [-0.3, -0.25) is 4.79 Å². The largest absolute Gasteiger partial charge is 0.493 e. The Morgan fingerprint density at radius 3 is 3.13 bits per heavy atom. The molecule has 1 aromatic heterocycles. The number of H-pyrrole nitrogens is 1. The van der Waals surface area contributed by atoms with Crippen molar-refractivity contribution in [3.63, 3.8) is 0 Å². The van der Waals surface area contributed by atoms with E-state index in [9.17, 15) is 4.79 Å². The van der Waals surface area contributed by atoms with Gasteiger partial charge in [0.1, 0.15) is 12.4 Å². The minimum atomic E-state index is -0.0942. The molecular weight excluding hydrogens is 294 g/mol. The summed E-state index contributed by atoms with van der Waals surface area (Å²) in [6.07, 6.45) is 6.31. The van der Waals surface area contributed by atoms with E-state index >= 15 is 0 Å². The first-order valence-corrected chi connectivity index (χ1v) is 7.40. The van der Waals surface area contributed by atoms with Crippen molar-refractivity contribution in [1.29, 1.82) is 0 Å². The number of nitrogens with one attached hydrogen (secondary N) is 1. The van der Waals surface area contributed by atoms with E-state index in [1.54, 1.807) is 24.5 Å². The highest BCUT2D eigenvalue weighted by atomic mass is 16.5. The molecule has 0 radical (unpaired) electrons. The molecule has 0 fully saturated rings. The van der Waals surface area contributed by atoms with Gasteiger partial charge in [-0.05, 0) is 29.8 Å². The second-order valence-corrected chi connectivity index (χ2v) is 5.34. The number of hydrogen-bond donors (Lipinski definition) is 1. The minimum Gasteiger partial charge on any atom is -0.493 e. The number of rotatable bonds is 4. The third-order valence-electron chi connectivity index (χ3n) is 3.82. The average molecular weight is 313 g/mol. The fourth-order valence-electron chi connectivity index (χ4n) is 2.56. The van der Waals surface area contributed by atoms with Crippen molar-refractivity contribution in [1.82, 2.24) is 9.97 Å². The molecule has 0 saturated heterocycles. The van der Waals surface area contributed by atoms with Crippen LogP contribution in [0.2, 0.25) is 0 Å². The molecule has 1 amide bonds. The van der Waals surface area contributed by atoms with Crippen LogP contribution >= 0.6 is 0 Å². The number of amides is 1. The van der Waals surface area contributed by atoms with E-state index in [1.807, 2.05) is 18.2 Å². The fourth-order valence-corrected chi connectivity index (χ4v) is 2.56. The number of fused-ring (bicyclic) bond motifs is 1. The van der Waals surface area contributed by atoms with Crippen LogP contribution in [0.15, 0.2) is 30.7 Å². The number of carbonyl (C=O) groups is 1. The van der Waals surface area contributed by atoms with E-state index in [2.05, 4.69) is 16.0 Å². The highest BCUT2D eigenvalue weighted by Gasteiger charge is 2.18. The zero-order valence-corrected chi connectivity index (χ0v) is 13.2. The van der Waals surface area contributed by atoms with Crippen LogP contribution in [0.4, 0.5) is 5.69 Å². The van der Waals surface area contributed by atoms with Crippen molar-refractivity contribution >= 4 is 23.2 Å². The van der Waals surface area contributed by atoms with Crippen LogP contribution in [0.5, 0.6) is 5.75 Å². The number of hydrogen-bond acceptors (Lipinski definition) is 4. The van der Waals surface area contributed by atoms with Gasteiger partial charge in [-0.2, -0.15) is 0 Å². The summed E-state index contributed by atoms with van der Waals surface area (Å²) < 4.78 is 10.6. The molecule has 0 spiro atoms. The zero-order valence-electron chi connectivity index (χ0n) is 13.2. The van der Waals surface area contributed by atoms with Crippen LogP contribution in [-0.4, -0.2) is 43.2 Å². The lowest BCUT2D eigenvalue weighted by molar-refractivity contribution is -0.121. The average Bonchev–Trinajstić information content (AvgIpc) is 3.07. The summed E-state index contributed by atoms with van der Waals surface area (Å²) in [5.74, 6) is 0.738. The first kappa shape index (κ1) is 15.3. The summed E-state index contributed by atoms with van der Waals surface area (Å²) in [7, 11) is 3.25. The first-order valence-electron chi connectivity index (χ1n) is 7.40. The Balaban J connectivity index is 1.95. The molecule has 0 saturated carbocycles. The fraction of sp³-hybridized carbons (Fsp3) is 0.294. The maximum atomic E-state index is 12.0. The van der Waals surface area contributed by atoms with E-state index in [-0.39, 0.29) is 12.5 Å². The van der Waals surface area contributed by atoms with Crippen molar-refractivity contribution in [2.75, 3.05) is 32.3 Å². The number of imidazole rings is 1. The van der Waals surface area contributed by atoms with Gasteiger partial charge < -0.3 is 19.4 Å². The Morgan fingerprint density at radius 1 is 1.52 bits per heavy atom. The molecule has 0 bridgehead atoms. The number of nitrogens with zero attached hydrogens (tertiary/aromatic N) is 2. The molecule has 2 aromatic rings. The summed E-state index contributed by atoms with van der Waals surface area (Å²) >= 11 is 0. The van der Waals surface area contributed by atoms with Crippen molar-refractivity contribution in [3.05, 3.63) is 42.0 Å². The molecule has 1 N–H and O–H groups in total. The smallest absolute Gasteiger partial charge is 0.252 e. The number of carbonyl (C=O) groups excluding carboxylic acids is 1. The summed E-state index contributed by atoms with van der Waals surface area (Å²) in [5, 5.41) is 0. The number of ether oxygens (including phenoxy) is 2. The Labute approximate surface area is 134 Å². The monoisotopic (exact) mass is 313 g/mol. The quantitative estimate of drug-likeness (QED) is 0.941. The second-order valence-electron chi connectivity index (χ2n) is 5.34. The lowest BCUT2D eigenvalue weighted by atomic mass is 9.98. The van der Waals surface area contributed by atoms with Gasteiger partial charge in [0, 0.05) is 31.8 Å². The molecule has 2 heterocycles. The summed E-state index contributed by atoms with van der Waals surface area (Å²) in [4.78, 5) is 20.7. The second kappa shape index (κ2) is 6.66. The maximum absolute atomic E-state index is 12.0. The van der Waals surface area contributed by atoms with Gasteiger partial charge in [0.05, 0.1) is 24.8 Å². The normalized spacial score (nSPS) is 15.1. The van der Waals surface area contributed by atoms with Gasteiger partial charge in [-0.25, -0.2) is 4.98 Å². The Morgan fingerprint density at radius 2 is 2.39 bits per heavy atom. The number of benzene rings is 1. The number of likely N-dealkylation sites (N-methyl/N-ethyl adjacent to an activating group) is 1. The molecule has 6 nitrogen and oxygen atoms in total. The maximum Gasteiger partial charge on any atom is 0.252 e. The molecule has 1 aromatic carbocycles. The van der Waals surface area contributed by atoms with Crippen molar-refractivity contribution in [2.24, 2.45) is 0 Å². The van der Waals surface area contributed by atoms with E-state index in [0.717, 1.165) is 34.7 Å². The SMILES string of the molecule is COCC(=O)N(C)c1ccc2c(c1)/C(=C\c1cnc[nH]1)CCO2. The molecule has 120 valence electrons. The lowest BCUT2D eigenvalue weighted by Gasteiger charge is -2.23. The Hall–Kier alpha value is -2.60. The van der Waals surface area contributed by atoms with Gasteiger partial charge in [-0.15, -0.1) is 0 Å². The Kier molecular flexibility index (Phi) is 4.43. The number of methoxy groups -OCH3 is 1. The minimum absolute atomic E-state index is 0.0565. The highest BCUT2D eigenvalue weighted by Crippen LogP contribution is 2.36. The summed E-state index contributed by atoms with van der Waals surface area (Å²) in [6.45, 7) is 0.700. The number of aromatic nitrogens is 2. The van der Waals surface area contributed by atoms with Crippen LogP contribution in [0.3, 0.4) is 0 Å².